The Morgan fingerprint density at radius 2 is 1.96 bits per heavy atom. The molecule has 0 atom stereocenters. The third kappa shape index (κ3) is 3.35. The van der Waals surface area contributed by atoms with E-state index in [1.807, 2.05) is 35.0 Å². The van der Waals surface area contributed by atoms with Crippen LogP contribution in [0, 0.1) is 0 Å². The second-order valence-electron chi connectivity index (χ2n) is 5.05. The SMILES string of the molecule is COC(=O)c1ccc(-c2ccnn2Cc2ccccc2)c(Br)c1. The maximum atomic E-state index is 11.6. The molecule has 0 amide bonds. The molecule has 1 aromatic heterocycles. The van der Waals surface area contributed by atoms with Crippen molar-refractivity contribution in [3.63, 3.8) is 0 Å². The molecule has 116 valence electrons. The van der Waals surface area contributed by atoms with Gasteiger partial charge in [-0.3, -0.25) is 4.68 Å². The maximum Gasteiger partial charge on any atom is 0.337 e. The number of benzene rings is 2. The van der Waals surface area contributed by atoms with E-state index in [-0.39, 0.29) is 5.97 Å². The molecule has 4 nitrogen and oxygen atoms in total. The normalized spacial score (nSPS) is 10.5. The average Bonchev–Trinajstić information content (AvgIpc) is 3.02. The molecule has 0 saturated heterocycles. The van der Waals surface area contributed by atoms with E-state index >= 15 is 0 Å². The minimum absolute atomic E-state index is 0.352. The number of aromatic nitrogens is 2. The molecule has 0 aliphatic rings. The Morgan fingerprint density at radius 3 is 2.65 bits per heavy atom. The van der Waals surface area contributed by atoms with Gasteiger partial charge in [0.1, 0.15) is 0 Å². The van der Waals surface area contributed by atoms with Gasteiger partial charge in [-0.1, -0.05) is 52.3 Å². The predicted octanol–water partition coefficient (Wildman–Crippen LogP) is 4.15. The van der Waals surface area contributed by atoms with E-state index < -0.39 is 0 Å². The molecule has 0 fully saturated rings. The van der Waals surface area contributed by atoms with Crippen molar-refractivity contribution in [3.05, 3.63) is 76.4 Å². The number of nitrogens with zero attached hydrogens (tertiary/aromatic N) is 2. The molecule has 3 rings (SSSR count). The Labute approximate surface area is 142 Å². The molecular weight excluding hydrogens is 356 g/mol. The van der Waals surface area contributed by atoms with E-state index in [9.17, 15) is 4.79 Å². The minimum Gasteiger partial charge on any atom is -0.465 e. The summed E-state index contributed by atoms with van der Waals surface area (Å²) < 4.78 is 7.51. The molecule has 0 N–H and O–H groups in total. The summed E-state index contributed by atoms with van der Waals surface area (Å²) in [5, 5.41) is 4.41. The maximum absolute atomic E-state index is 11.6. The van der Waals surface area contributed by atoms with Crippen molar-refractivity contribution in [3.8, 4) is 11.3 Å². The fraction of sp³-hybridized carbons (Fsp3) is 0.111. The van der Waals surface area contributed by atoms with Gasteiger partial charge in [-0.15, -0.1) is 0 Å². The third-order valence-electron chi connectivity index (χ3n) is 3.56. The van der Waals surface area contributed by atoms with E-state index in [1.165, 1.54) is 12.7 Å². The summed E-state index contributed by atoms with van der Waals surface area (Å²) in [6.07, 6.45) is 1.78. The molecule has 5 heteroatoms. The molecule has 0 aliphatic heterocycles. The van der Waals surface area contributed by atoms with Crippen LogP contribution in [0.4, 0.5) is 0 Å². The van der Waals surface area contributed by atoms with Crippen LogP contribution in [0.2, 0.25) is 0 Å². The van der Waals surface area contributed by atoms with E-state index in [2.05, 4.69) is 33.2 Å². The van der Waals surface area contributed by atoms with Crippen LogP contribution in [0.1, 0.15) is 15.9 Å². The zero-order chi connectivity index (χ0) is 16.2. The molecular formula is C18H15BrN2O2. The van der Waals surface area contributed by atoms with Gasteiger partial charge in [-0.25, -0.2) is 4.79 Å². The summed E-state index contributed by atoms with van der Waals surface area (Å²) in [6.45, 7) is 0.689. The van der Waals surface area contributed by atoms with Crippen molar-refractivity contribution in [2.75, 3.05) is 7.11 Å². The summed E-state index contributed by atoms with van der Waals surface area (Å²) in [5.74, 6) is -0.352. The van der Waals surface area contributed by atoms with Gasteiger partial charge in [0.05, 0.1) is 24.9 Å². The van der Waals surface area contributed by atoms with Crippen molar-refractivity contribution in [1.29, 1.82) is 0 Å². The highest BCUT2D eigenvalue weighted by molar-refractivity contribution is 9.10. The monoisotopic (exact) mass is 370 g/mol. The molecule has 23 heavy (non-hydrogen) atoms. The summed E-state index contributed by atoms with van der Waals surface area (Å²) in [6, 6.07) is 17.5. The lowest BCUT2D eigenvalue weighted by molar-refractivity contribution is 0.0600. The smallest absolute Gasteiger partial charge is 0.337 e. The van der Waals surface area contributed by atoms with Gasteiger partial charge in [0, 0.05) is 16.2 Å². The Hall–Kier alpha value is -2.40. The number of carbonyl (C=O) groups is 1. The van der Waals surface area contributed by atoms with Crippen LogP contribution in [0.15, 0.2) is 65.3 Å². The van der Waals surface area contributed by atoms with Gasteiger partial charge in [-0.05, 0) is 23.8 Å². The van der Waals surface area contributed by atoms with Crippen molar-refractivity contribution >= 4 is 21.9 Å². The molecule has 3 aromatic rings. The minimum atomic E-state index is -0.352. The van der Waals surface area contributed by atoms with Gasteiger partial charge in [0.2, 0.25) is 0 Å². The first-order chi connectivity index (χ1) is 11.2. The molecule has 0 saturated carbocycles. The first-order valence-corrected chi connectivity index (χ1v) is 7.92. The predicted molar refractivity (Wildman–Crippen MR) is 92.2 cm³/mol. The van der Waals surface area contributed by atoms with Gasteiger partial charge in [0.25, 0.3) is 0 Å². The standard InChI is InChI=1S/C18H15BrN2O2/c1-23-18(22)14-7-8-15(16(19)11-14)17-9-10-20-21(17)12-13-5-3-2-4-6-13/h2-11H,12H2,1H3. The van der Waals surface area contributed by atoms with Gasteiger partial charge in [-0.2, -0.15) is 5.10 Å². The van der Waals surface area contributed by atoms with E-state index in [4.69, 9.17) is 4.74 Å². The van der Waals surface area contributed by atoms with E-state index in [0.717, 1.165) is 15.7 Å². The quantitative estimate of drug-likeness (QED) is 0.648. The van der Waals surface area contributed by atoms with E-state index in [1.54, 1.807) is 18.3 Å². The number of rotatable bonds is 4. The van der Waals surface area contributed by atoms with Crippen LogP contribution >= 0.6 is 15.9 Å². The highest BCUT2D eigenvalue weighted by Gasteiger charge is 2.13. The van der Waals surface area contributed by atoms with E-state index in [0.29, 0.717) is 12.1 Å². The Kier molecular flexibility index (Phi) is 4.57. The Morgan fingerprint density at radius 1 is 1.17 bits per heavy atom. The zero-order valence-corrected chi connectivity index (χ0v) is 14.2. The molecule has 0 aliphatic carbocycles. The van der Waals surface area contributed by atoms with Crippen LogP contribution < -0.4 is 0 Å². The summed E-state index contributed by atoms with van der Waals surface area (Å²) >= 11 is 3.54. The summed E-state index contributed by atoms with van der Waals surface area (Å²) in [5.41, 5.74) is 3.65. The Balaban J connectivity index is 1.94. The second kappa shape index (κ2) is 6.79. The lowest BCUT2D eigenvalue weighted by Gasteiger charge is -2.10. The largest absolute Gasteiger partial charge is 0.465 e. The van der Waals surface area contributed by atoms with Crippen molar-refractivity contribution in [2.24, 2.45) is 0 Å². The zero-order valence-electron chi connectivity index (χ0n) is 12.6. The fourth-order valence-corrected chi connectivity index (χ4v) is 2.99. The Bertz CT molecular complexity index is 828. The highest BCUT2D eigenvalue weighted by Crippen LogP contribution is 2.29. The molecule has 0 bridgehead atoms. The number of methoxy groups -OCH3 is 1. The van der Waals surface area contributed by atoms with Crippen molar-refractivity contribution in [2.45, 2.75) is 6.54 Å². The summed E-state index contributed by atoms with van der Waals surface area (Å²) in [4.78, 5) is 11.6. The number of esters is 1. The molecule has 2 aromatic carbocycles. The fourth-order valence-electron chi connectivity index (χ4n) is 2.41. The van der Waals surface area contributed by atoms with Crippen molar-refractivity contribution < 1.29 is 9.53 Å². The van der Waals surface area contributed by atoms with Crippen molar-refractivity contribution in [1.82, 2.24) is 9.78 Å². The first kappa shape index (κ1) is 15.5. The van der Waals surface area contributed by atoms with Crippen LogP contribution in [-0.4, -0.2) is 22.9 Å². The third-order valence-corrected chi connectivity index (χ3v) is 4.21. The lowest BCUT2D eigenvalue weighted by Crippen LogP contribution is -2.05. The number of halogens is 1. The number of hydrogen-bond acceptors (Lipinski definition) is 3. The first-order valence-electron chi connectivity index (χ1n) is 7.13. The summed E-state index contributed by atoms with van der Waals surface area (Å²) in [7, 11) is 1.37. The topological polar surface area (TPSA) is 44.1 Å². The van der Waals surface area contributed by atoms with Crippen LogP contribution in [0.3, 0.4) is 0 Å². The molecule has 0 radical (unpaired) electrons. The van der Waals surface area contributed by atoms with Crippen LogP contribution in [-0.2, 0) is 11.3 Å². The second-order valence-corrected chi connectivity index (χ2v) is 5.90. The van der Waals surface area contributed by atoms with Crippen LogP contribution in [0.5, 0.6) is 0 Å². The average molecular weight is 371 g/mol. The molecule has 1 heterocycles. The highest BCUT2D eigenvalue weighted by atomic mass is 79.9. The number of hydrogen-bond donors (Lipinski definition) is 0. The molecule has 0 unspecified atom stereocenters. The van der Waals surface area contributed by atoms with Gasteiger partial charge < -0.3 is 4.74 Å². The van der Waals surface area contributed by atoms with Crippen LogP contribution in [0.25, 0.3) is 11.3 Å². The number of ether oxygens (including phenoxy) is 1. The number of carbonyl (C=O) groups excluding carboxylic acids is 1. The van der Waals surface area contributed by atoms with Gasteiger partial charge in [0.15, 0.2) is 0 Å². The lowest BCUT2D eigenvalue weighted by atomic mass is 10.1. The van der Waals surface area contributed by atoms with Gasteiger partial charge >= 0.3 is 5.97 Å². The molecule has 0 spiro atoms.